The number of fused-ring (bicyclic) bond motifs is 2. The fourth-order valence-corrected chi connectivity index (χ4v) is 4.11. The van der Waals surface area contributed by atoms with E-state index in [9.17, 15) is 19.2 Å². The maximum Gasteiger partial charge on any atom is 0.231 e. The second-order valence-electron chi connectivity index (χ2n) is 7.58. The Labute approximate surface area is 189 Å². The number of imidazole rings is 1. The van der Waals surface area contributed by atoms with Gasteiger partial charge >= 0.3 is 0 Å². The number of alkyl halides is 1. The molecule has 3 aromatic heterocycles. The molecule has 0 spiro atoms. The predicted molar refractivity (Wildman–Crippen MR) is 114 cm³/mol. The highest BCUT2D eigenvalue weighted by Gasteiger charge is 2.43. The molecule has 0 saturated heterocycles. The van der Waals surface area contributed by atoms with Crippen LogP contribution in [0.1, 0.15) is 18.0 Å². The van der Waals surface area contributed by atoms with Gasteiger partial charge in [0, 0.05) is 22.7 Å². The summed E-state index contributed by atoms with van der Waals surface area (Å²) in [5.41, 5.74) is 1.44. The first kappa shape index (κ1) is 20.8. The van der Waals surface area contributed by atoms with E-state index in [1.807, 2.05) is 6.07 Å². The van der Waals surface area contributed by atoms with E-state index in [0.29, 0.717) is 28.6 Å². The minimum Gasteiger partial charge on any atom is -0.339 e. The molecule has 9 nitrogen and oxygen atoms in total. The minimum atomic E-state index is -1.27. The van der Waals surface area contributed by atoms with Gasteiger partial charge in [-0.2, -0.15) is 10.4 Å². The third-order valence-corrected chi connectivity index (χ3v) is 5.87. The van der Waals surface area contributed by atoms with Gasteiger partial charge in [0.25, 0.3) is 0 Å². The van der Waals surface area contributed by atoms with Gasteiger partial charge in [0.1, 0.15) is 17.9 Å². The number of pyridine rings is 1. The van der Waals surface area contributed by atoms with Gasteiger partial charge in [0.2, 0.25) is 12.3 Å². The summed E-state index contributed by atoms with van der Waals surface area (Å²) in [6, 6.07) is 3.88. The highest BCUT2D eigenvalue weighted by Crippen LogP contribution is 2.41. The molecule has 1 saturated carbocycles. The first-order valence-electron chi connectivity index (χ1n) is 9.80. The van der Waals surface area contributed by atoms with Crippen molar-refractivity contribution in [3.8, 4) is 17.2 Å². The molecule has 1 unspecified atom stereocenters. The van der Waals surface area contributed by atoms with Gasteiger partial charge in [-0.3, -0.25) is 14.7 Å². The minimum absolute atomic E-state index is 0.120. The zero-order valence-corrected chi connectivity index (χ0v) is 17.4. The Morgan fingerprint density at radius 2 is 2.21 bits per heavy atom. The van der Waals surface area contributed by atoms with E-state index < -0.39 is 29.9 Å². The number of amides is 2. The molecule has 1 fully saturated rings. The van der Waals surface area contributed by atoms with Crippen molar-refractivity contribution in [2.45, 2.75) is 18.6 Å². The van der Waals surface area contributed by atoms with Crippen molar-refractivity contribution in [2.75, 3.05) is 5.32 Å². The second-order valence-corrected chi connectivity index (χ2v) is 7.96. The highest BCUT2D eigenvalue weighted by atomic mass is 35.5. The number of halogens is 3. The third-order valence-electron chi connectivity index (χ3n) is 5.52. The lowest BCUT2D eigenvalue weighted by Gasteiger charge is -2.15. The monoisotopic (exact) mass is 469 g/mol. The summed E-state index contributed by atoms with van der Waals surface area (Å²) in [5.74, 6) is -1.68. The third kappa shape index (κ3) is 3.44. The summed E-state index contributed by atoms with van der Waals surface area (Å²) in [5, 5.41) is 21.0. The average Bonchev–Trinajstić information content (AvgIpc) is 3.17. The van der Waals surface area contributed by atoms with Gasteiger partial charge in [-0.05, 0) is 18.6 Å². The molecule has 2 amide bonds. The summed E-state index contributed by atoms with van der Waals surface area (Å²) in [4.78, 5) is 27.1. The number of carbonyl (C=O) groups is 2. The lowest BCUT2D eigenvalue weighted by Crippen LogP contribution is -2.19. The molecule has 3 heterocycles. The van der Waals surface area contributed by atoms with E-state index in [1.165, 1.54) is 6.20 Å². The first-order chi connectivity index (χ1) is 15.9. The summed E-state index contributed by atoms with van der Waals surface area (Å²) < 4.78 is 30.0. The van der Waals surface area contributed by atoms with E-state index >= 15 is 4.39 Å². The molecular formula is C21H14ClF2N7O2. The van der Waals surface area contributed by atoms with Crippen LogP contribution in [0.25, 0.3) is 27.7 Å². The fourth-order valence-electron chi connectivity index (χ4n) is 3.80. The molecule has 5 rings (SSSR count). The van der Waals surface area contributed by atoms with E-state index in [1.54, 1.807) is 28.9 Å². The molecule has 0 bridgehead atoms. The normalized spacial score (nSPS) is 18.1. The molecule has 33 heavy (non-hydrogen) atoms. The van der Waals surface area contributed by atoms with Crippen LogP contribution in [0.3, 0.4) is 0 Å². The van der Waals surface area contributed by atoms with Crippen LogP contribution >= 0.6 is 11.6 Å². The largest absolute Gasteiger partial charge is 0.339 e. The number of rotatable bonds is 6. The van der Waals surface area contributed by atoms with Crippen molar-refractivity contribution in [3.63, 3.8) is 0 Å². The van der Waals surface area contributed by atoms with E-state index in [4.69, 9.17) is 11.6 Å². The zero-order valence-electron chi connectivity index (χ0n) is 16.6. The predicted octanol–water partition coefficient (Wildman–Crippen LogP) is 3.28. The van der Waals surface area contributed by atoms with E-state index in [-0.39, 0.29) is 28.3 Å². The van der Waals surface area contributed by atoms with Gasteiger partial charge < -0.3 is 15.0 Å². The van der Waals surface area contributed by atoms with Gasteiger partial charge in [0.15, 0.2) is 11.6 Å². The smallest absolute Gasteiger partial charge is 0.231 e. The maximum absolute atomic E-state index is 15.3. The standard InChI is InChI=1S/C21H14ClF2N7O2/c22-18-16(11-5-27-30-20(11)17(19(18)24)13(4-25)26-8-32)9-1-2-15-28-14(7-31(15)6-9)29-21(33)10-3-12(10)23/h1-2,5-8,10,12-13H,3H2,(H,26,32)(H,27,30)(H,29,33)/t10-,12+,13?/m1/s1. The molecule has 3 atom stereocenters. The van der Waals surface area contributed by atoms with Gasteiger partial charge in [-0.15, -0.1) is 0 Å². The lowest BCUT2D eigenvalue weighted by molar-refractivity contribution is -0.117. The Kier molecular flexibility index (Phi) is 4.94. The number of anilines is 1. The van der Waals surface area contributed by atoms with Crippen molar-refractivity contribution in [3.05, 3.63) is 47.1 Å². The molecule has 1 aliphatic rings. The Morgan fingerprint density at radius 3 is 2.91 bits per heavy atom. The SMILES string of the molecule is N#CC(NC=O)c1c(F)c(Cl)c(-c2ccc3nc(NC(=O)[C@@H]4C[C@@H]4F)cn3c2)c2cn[nH]c12. The van der Waals surface area contributed by atoms with Crippen LogP contribution in [0.5, 0.6) is 0 Å². The Balaban J connectivity index is 1.59. The molecule has 3 N–H and O–H groups in total. The molecule has 0 aliphatic heterocycles. The number of hydrogen-bond acceptors (Lipinski definition) is 5. The van der Waals surface area contributed by atoms with Crippen LogP contribution in [0.2, 0.25) is 5.02 Å². The van der Waals surface area contributed by atoms with Crippen LogP contribution in [0.4, 0.5) is 14.6 Å². The molecule has 166 valence electrons. The average molecular weight is 470 g/mol. The summed E-state index contributed by atoms with van der Waals surface area (Å²) >= 11 is 6.39. The van der Waals surface area contributed by atoms with Crippen LogP contribution < -0.4 is 10.6 Å². The number of carbonyl (C=O) groups excluding carboxylic acids is 2. The highest BCUT2D eigenvalue weighted by molar-refractivity contribution is 6.35. The molecular weight excluding hydrogens is 456 g/mol. The molecule has 1 aromatic carbocycles. The number of hydrogen-bond donors (Lipinski definition) is 3. The molecule has 12 heteroatoms. The zero-order chi connectivity index (χ0) is 23.3. The van der Waals surface area contributed by atoms with Crippen LogP contribution in [-0.2, 0) is 9.59 Å². The van der Waals surface area contributed by atoms with Gasteiger partial charge in [-0.25, -0.2) is 13.8 Å². The Hall–Kier alpha value is -4.04. The van der Waals surface area contributed by atoms with Gasteiger partial charge in [0.05, 0.1) is 40.5 Å². The molecule has 0 radical (unpaired) electrons. The summed E-state index contributed by atoms with van der Waals surface area (Å²) in [6.45, 7) is 0. The number of H-pyrrole nitrogens is 1. The first-order valence-corrected chi connectivity index (χ1v) is 10.2. The van der Waals surface area contributed by atoms with Crippen molar-refractivity contribution < 1.29 is 18.4 Å². The number of aromatic amines is 1. The Morgan fingerprint density at radius 1 is 1.42 bits per heavy atom. The maximum atomic E-state index is 15.3. The lowest BCUT2D eigenvalue weighted by atomic mass is 9.96. The quantitative estimate of drug-likeness (QED) is 0.373. The molecule has 4 aromatic rings. The number of benzene rings is 1. The van der Waals surface area contributed by atoms with Crippen LogP contribution in [-0.4, -0.2) is 38.1 Å². The van der Waals surface area contributed by atoms with Crippen molar-refractivity contribution in [1.82, 2.24) is 24.9 Å². The van der Waals surface area contributed by atoms with Crippen LogP contribution in [0.15, 0.2) is 30.7 Å². The van der Waals surface area contributed by atoms with Crippen molar-refractivity contribution in [2.24, 2.45) is 5.92 Å². The number of nitrogens with one attached hydrogen (secondary N) is 3. The number of nitrogens with zero attached hydrogens (tertiary/aromatic N) is 4. The van der Waals surface area contributed by atoms with E-state index in [2.05, 4.69) is 25.8 Å². The van der Waals surface area contributed by atoms with E-state index in [0.717, 1.165) is 0 Å². The van der Waals surface area contributed by atoms with Crippen LogP contribution in [0, 0.1) is 23.1 Å². The number of aromatic nitrogens is 4. The fraction of sp³-hybridized carbons (Fsp3) is 0.190. The Bertz CT molecular complexity index is 1480. The molecule has 1 aliphatic carbocycles. The van der Waals surface area contributed by atoms with Crippen molar-refractivity contribution in [1.29, 1.82) is 5.26 Å². The number of nitriles is 1. The van der Waals surface area contributed by atoms with Crippen molar-refractivity contribution >= 4 is 46.3 Å². The second kappa shape index (κ2) is 7.83. The topological polar surface area (TPSA) is 128 Å². The summed E-state index contributed by atoms with van der Waals surface area (Å²) in [7, 11) is 0. The summed E-state index contributed by atoms with van der Waals surface area (Å²) in [6.07, 6.45) is 4.04. The van der Waals surface area contributed by atoms with Gasteiger partial charge in [-0.1, -0.05) is 11.6 Å².